The molecule has 4 N–H and O–H groups in total. The number of carbonyl (C=O) groups excluding carboxylic acids is 1. The van der Waals surface area contributed by atoms with Gasteiger partial charge in [0.25, 0.3) is 5.91 Å². The van der Waals surface area contributed by atoms with Gasteiger partial charge in [-0.25, -0.2) is 4.99 Å². The van der Waals surface area contributed by atoms with Crippen LogP contribution in [-0.2, 0) is 19.4 Å². The van der Waals surface area contributed by atoms with Crippen molar-refractivity contribution in [3.05, 3.63) is 64.7 Å². The van der Waals surface area contributed by atoms with E-state index in [1.54, 1.807) is 0 Å². The smallest absolute Gasteiger partial charge is 0.251 e. The Balaban J connectivity index is 1.41. The van der Waals surface area contributed by atoms with Gasteiger partial charge in [0.1, 0.15) is 0 Å². The minimum absolute atomic E-state index is 0.00894. The summed E-state index contributed by atoms with van der Waals surface area (Å²) in [6, 6.07) is 14.3. The topological polar surface area (TPSA) is 79.5 Å². The molecule has 0 aromatic heterocycles. The molecule has 0 saturated heterocycles. The van der Waals surface area contributed by atoms with E-state index in [0.717, 1.165) is 36.9 Å². The number of hydrogen-bond acceptors (Lipinski definition) is 2. The molecular formula is C22H26N4O. The Morgan fingerprint density at radius 2 is 1.93 bits per heavy atom. The molecule has 0 atom stereocenters. The van der Waals surface area contributed by atoms with Gasteiger partial charge >= 0.3 is 0 Å². The lowest BCUT2D eigenvalue weighted by atomic mass is 9.90. The van der Waals surface area contributed by atoms with Gasteiger partial charge in [-0.05, 0) is 73.4 Å². The number of nitrogens with one attached hydrogen (secondary N) is 2. The lowest BCUT2D eigenvalue weighted by Gasteiger charge is -2.19. The highest BCUT2D eigenvalue weighted by Gasteiger charge is 2.23. The molecule has 0 spiro atoms. The third-order valence-corrected chi connectivity index (χ3v) is 5.19. The van der Waals surface area contributed by atoms with E-state index < -0.39 is 0 Å². The highest BCUT2D eigenvalue weighted by atomic mass is 16.1. The highest BCUT2D eigenvalue weighted by molar-refractivity contribution is 5.95. The lowest BCUT2D eigenvalue weighted by molar-refractivity contribution is 0.0951. The number of amides is 1. The summed E-state index contributed by atoms with van der Waals surface area (Å²) in [5, 5.41) is 6.27. The van der Waals surface area contributed by atoms with Crippen LogP contribution in [0, 0.1) is 0 Å². The third kappa shape index (κ3) is 4.48. The average Bonchev–Trinajstić information content (AvgIpc) is 3.51. The minimum Gasteiger partial charge on any atom is -0.370 e. The van der Waals surface area contributed by atoms with Gasteiger partial charge in [0.15, 0.2) is 5.96 Å². The second-order valence-corrected chi connectivity index (χ2v) is 7.42. The van der Waals surface area contributed by atoms with Crippen molar-refractivity contribution < 1.29 is 4.79 Å². The Kier molecular flexibility index (Phi) is 5.10. The van der Waals surface area contributed by atoms with Gasteiger partial charge in [-0.2, -0.15) is 0 Å². The van der Waals surface area contributed by atoms with Crippen molar-refractivity contribution in [1.29, 1.82) is 0 Å². The third-order valence-electron chi connectivity index (χ3n) is 5.19. The SMILES string of the molecule is NC(=NCc1cccc(C(=O)NC2CC2)c1)Nc1cccc2c1CCCC2. The summed E-state index contributed by atoms with van der Waals surface area (Å²) >= 11 is 0. The maximum Gasteiger partial charge on any atom is 0.251 e. The first-order valence-corrected chi connectivity index (χ1v) is 9.76. The first-order chi connectivity index (χ1) is 13.2. The van der Waals surface area contributed by atoms with Crippen LogP contribution in [0.15, 0.2) is 47.5 Å². The Morgan fingerprint density at radius 1 is 1.11 bits per heavy atom. The van der Waals surface area contributed by atoms with Crippen LogP contribution in [0.2, 0.25) is 0 Å². The zero-order valence-corrected chi connectivity index (χ0v) is 15.5. The molecule has 0 unspecified atom stereocenters. The molecule has 2 aromatic carbocycles. The van der Waals surface area contributed by atoms with Crippen molar-refractivity contribution in [3.63, 3.8) is 0 Å². The summed E-state index contributed by atoms with van der Waals surface area (Å²) in [6.07, 6.45) is 6.87. The number of hydrogen-bond donors (Lipinski definition) is 3. The van der Waals surface area contributed by atoms with Crippen LogP contribution in [-0.4, -0.2) is 17.9 Å². The van der Waals surface area contributed by atoms with Crippen molar-refractivity contribution in [2.75, 3.05) is 5.32 Å². The zero-order chi connectivity index (χ0) is 18.6. The van der Waals surface area contributed by atoms with Crippen molar-refractivity contribution in [2.24, 2.45) is 10.7 Å². The van der Waals surface area contributed by atoms with E-state index in [4.69, 9.17) is 5.73 Å². The summed E-state index contributed by atoms with van der Waals surface area (Å²) in [7, 11) is 0. The number of benzene rings is 2. The van der Waals surface area contributed by atoms with E-state index in [1.165, 1.54) is 24.0 Å². The molecule has 4 rings (SSSR count). The second-order valence-electron chi connectivity index (χ2n) is 7.42. The molecule has 2 aliphatic rings. The molecule has 1 saturated carbocycles. The van der Waals surface area contributed by atoms with Crippen molar-refractivity contribution >= 4 is 17.6 Å². The van der Waals surface area contributed by atoms with E-state index >= 15 is 0 Å². The number of nitrogens with two attached hydrogens (primary N) is 1. The summed E-state index contributed by atoms with van der Waals surface area (Å²) < 4.78 is 0. The quantitative estimate of drug-likeness (QED) is 0.563. The molecule has 0 bridgehead atoms. The van der Waals surface area contributed by atoms with Crippen LogP contribution in [0.4, 0.5) is 5.69 Å². The number of anilines is 1. The standard InChI is InChI=1S/C22H26N4O/c23-22(26-20-10-4-7-16-6-1-2-9-19(16)20)24-14-15-5-3-8-17(13-15)21(27)25-18-11-12-18/h3-5,7-8,10,13,18H,1-2,6,9,11-12,14H2,(H,25,27)(H3,23,24,26). The number of carbonyl (C=O) groups is 1. The molecule has 0 radical (unpaired) electrons. The summed E-state index contributed by atoms with van der Waals surface area (Å²) in [6.45, 7) is 0.443. The largest absolute Gasteiger partial charge is 0.370 e. The second kappa shape index (κ2) is 7.82. The predicted molar refractivity (Wildman–Crippen MR) is 109 cm³/mol. The van der Waals surface area contributed by atoms with Crippen LogP contribution >= 0.6 is 0 Å². The molecule has 5 heteroatoms. The summed E-state index contributed by atoms with van der Waals surface area (Å²) in [5.41, 5.74) is 11.6. The van der Waals surface area contributed by atoms with Crippen LogP contribution in [0.5, 0.6) is 0 Å². The Morgan fingerprint density at radius 3 is 2.78 bits per heavy atom. The van der Waals surface area contributed by atoms with Crippen molar-refractivity contribution in [3.8, 4) is 0 Å². The number of guanidine groups is 1. The Bertz CT molecular complexity index is 870. The fourth-order valence-corrected chi connectivity index (χ4v) is 3.56. The van der Waals surface area contributed by atoms with E-state index in [0.29, 0.717) is 24.1 Å². The Hall–Kier alpha value is -2.82. The van der Waals surface area contributed by atoms with E-state index in [9.17, 15) is 4.79 Å². The van der Waals surface area contributed by atoms with Crippen LogP contribution in [0.25, 0.3) is 0 Å². The van der Waals surface area contributed by atoms with E-state index in [-0.39, 0.29) is 5.91 Å². The molecule has 5 nitrogen and oxygen atoms in total. The first kappa shape index (κ1) is 17.6. The number of aliphatic imine (C=N–C) groups is 1. The minimum atomic E-state index is -0.00894. The predicted octanol–water partition coefficient (Wildman–Crippen LogP) is 3.38. The average molecular weight is 362 g/mol. The highest BCUT2D eigenvalue weighted by Crippen LogP contribution is 2.27. The summed E-state index contributed by atoms with van der Waals surface area (Å²) in [5.74, 6) is 0.396. The molecule has 140 valence electrons. The maximum atomic E-state index is 12.2. The molecular weight excluding hydrogens is 336 g/mol. The van der Waals surface area contributed by atoms with Gasteiger partial charge < -0.3 is 16.4 Å². The zero-order valence-electron chi connectivity index (χ0n) is 15.5. The number of fused-ring (bicyclic) bond motifs is 1. The molecule has 0 aliphatic heterocycles. The molecule has 1 amide bonds. The van der Waals surface area contributed by atoms with Crippen molar-refractivity contribution in [1.82, 2.24) is 5.32 Å². The monoisotopic (exact) mass is 362 g/mol. The van der Waals surface area contributed by atoms with Crippen LogP contribution in [0.3, 0.4) is 0 Å². The molecule has 27 heavy (non-hydrogen) atoms. The number of rotatable bonds is 5. The van der Waals surface area contributed by atoms with Gasteiger partial charge in [0.2, 0.25) is 0 Å². The van der Waals surface area contributed by atoms with Gasteiger partial charge in [0.05, 0.1) is 6.54 Å². The van der Waals surface area contributed by atoms with Gasteiger partial charge in [0, 0.05) is 17.3 Å². The number of nitrogens with zero attached hydrogens (tertiary/aromatic N) is 1. The van der Waals surface area contributed by atoms with E-state index in [2.05, 4.69) is 33.8 Å². The fourth-order valence-electron chi connectivity index (χ4n) is 3.56. The molecule has 1 fully saturated rings. The summed E-state index contributed by atoms with van der Waals surface area (Å²) in [4.78, 5) is 16.6. The van der Waals surface area contributed by atoms with Crippen molar-refractivity contribution in [2.45, 2.75) is 51.1 Å². The lowest BCUT2D eigenvalue weighted by Crippen LogP contribution is -2.25. The molecule has 2 aromatic rings. The van der Waals surface area contributed by atoms with Crippen LogP contribution < -0.4 is 16.4 Å². The normalized spacial score (nSPS) is 16.5. The Labute approximate surface area is 160 Å². The first-order valence-electron chi connectivity index (χ1n) is 9.76. The van der Waals surface area contributed by atoms with E-state index in [1.807, 2.05) is 24.3 Å². The molecule has 2 aliphatic carbocycles. The number of aryl methyl sites for hydroxylation is 1. The maximum absolute atomic E-state index is 12.2. The van der Waals surface area contributed by atoms with Gasteiger partial charge in [-0.3, -0.25) is 4.79 Å². The fraction of sp³-hybridized carbons (Fsp3) is 0.364. The van der Waals surface area contributed by atoms with Crippen LogP contribution in [0.1, 0.15) is 52.7 Å². The van der Waals surface area contributed by atoms with Gasteiger partial charge in [-0.15, -0.1) is 0 Å². The molecule has 0 heterocycles. The van der Waals surface area contributed by atoms with Gasteiger partial charge in [-0.1, -0.05) is 24.3 Å².